The van der Waals surface area contributed by atoms with E-state index in [1.54, 1.807) is 0 Å². The van der Waals surface area contributed by atoms with Gasteiger partial charge in [-0.2, -0.15) is 0 Å². The Morgan fingerprint density at radius 1 is 1.16 bits per heavy atom. The molecule has 1 aliphatic rings. The van der Waals surface area contributed by atoms with Gasteiger partial charge >= 0.3 is 5.97 Å². The normalized spacial score (nSPS) is 14.0. The Hall–Kier alpha value is -2.64. The highest BCUT2D eigenvalue weighted by Crippen LogP contribution is 2.20. The number of carboxylic acids is 1. The van der Waals surface area contributed by atoms with E-state index in [2.05, 4.69) is 22.3 Å². The fourth-order valence-electron chi connectivity index (χ4n) is 3.74. The number of nitrogens with one attached hydrogen (secondary N) is 1. The molecule has 0 radical (unpaired) electrons. The summed E-state index contributed by atoms with van der Waals surface area (Å²) in [6, 6.07) is 13.2. The number of hydrogen-bond donors (Lipinski definition) is 3. The van der Waals surface area contributed by atoms with E-state index in [0.717, 1.165) is 62.6 Å². The minimum absolute atomic E-state index is 0.429. The van der Waals surface area contributed by atoms with Crippen molar-refractivity contribution in [2.45, 2.75) is 44.6 Å². The molecule has 168 valence electrons. The van der Waals surface area contributed by atoms with E-state index >= 15 is 0 Å². The van der Waals surface area contributed by atoms with E-state index in [4.69, 9.17) is 20.6 Å². The largest absolute Gasteiger partial charge is 0.492 e. The van der Waals surface area contributed by atoms with Gasteiger partial charge in [0.05, 0.1) is 0 Å². The molecule has 0 saturated carbocycles. The summed E-state index contributed by atoms with van der Waals surface area (Å²) in [5.74, 6) is 0.940. The third kappa shape index (κ3) is 7.84. The van der Waals surface area contributed by atoms with Crippen LogP contribution in [0.3, 0.4) is 0 Å². The maximum Gasteiger partial charge on any atom is 0.320 e. The highest BCUT2D eigenvalue weighted by atomic mass is 16.5. The highest BCUT2D eigenvalue weighted by Gasteiger charge is 2.14. The number of aromatic nitrogens is 1. The summed E-state index contributed by atoms with van der Waals surface area (Å²) < 4.78 is 5.81. The molecule has 3 rings (SSSR count). The van der Waals surface area contributed by atoms with E-state index in [1.807, 2.05) is 30.3 Å². The maximum absolute atomic E-state index is 11.0. The number of hydrogen-bond acceptors (Lipinski definition) is 6. The molecule has 4 N–H and O–H groups in total. The minimum Gasteiger partial charge on any atom is -0.492 e. The van der Waals surface area contributed by atoms with Crippen LogP contribution in [0.15, 0.2) is 42.5 Å². The molecule has 7 heteroatoms. The third-order valence-corrected chi connectivity index (χ3v) is 5.60. The van der Waals surface area contributed by atoms with Gasteiger partial charge < -0.3 is 20.9 Å². The molecule has 2 heterocycles. The van der Waals surface area contributed by atoms with Crippen molar-refractivity contribution in [2.24, 2.45) is 5.73 Å². The fraction of sp³-hybridized carbons (Fsp3) is 0.500. The standard InChI is InChI=1S/C24H34N4O3/c25-22(24(29)30)13-16-28(17-18-31-21-9-2-1-3-10-21)15-5-4-8-20-12-11-19-7-6-14-26-23(19)27-20/h1-3,9-12,22H,4-8,13-18,25H2,(H,26,27)(H,29,30)/t22-/m0/s1. The Bertz CT molecular complexity index is 816. The summed E-state index contributed by atoms with van der Waals surface area (Å²) in [7, 11) is 0. The first kappa shape index (κ1) is 23.0. The van der Waals surface area contributed by atoms with Crippen LogP contribution >= 0.6 is 0 Å². The average molecular weight is 427 g/mol. The van der Waals surface area contributed by atoms with E-state index in [-0.39, 0.29) is 0 Å². The zero-order valence-electron chi connectivity index (χ0n) is 18.1. The quantitative estimate of drug-likeness (QED) is 0.423. The van der Waals surface area contributed by atoms with Gasteiger partial charge in [0.1, 0.15) is 24.2 Å². The van der Waals surface area contributed by atoms with Crippen molar-refractivity contribution >= 4 is 11.8 Å². The number of para-hydroxylation sites is 1. The SMILES string of the molecule is N[C@@H](CCN(CCCCc1ccc2c(n1)NCCC2)CCOc1ccccc1)C(=O)O. The molecule has 0 spiro atoms. The van der Waals surface area contributed by atoms with E-state index in [9.17, 15) is 4.79 Å². The lowest BCUT2D eigenvalue weighted by Gasteiger charge is -2.23. The smallest absolute Gasteiger partial charge is 0.320 e. The molecule has 0 unspecified atom stereocenters. The molecule has 0 aliphatic carbocycles. The summed E-state index contributed by atoms with van der Waals surface area (Å²) in [5, 5.41) is 12.5. The number of unbranched alkanes of at least 4 members (excludes halogenated alkanes) is 1. The van der Waals surface area contributed by atoms with Gasteiger partial charge in [0.25, 0.3) is 0 Å². The number of ether oxygens (including phenoxy) is 1. The lowest BCUT2D eigenvalue weighted by Crippen LogP contribution is -2.37. The Labute approximate surface area is 184 Å². The Morgan fingerprint density at radius 3 is 2.81 bits per heavy atom. The van der Waals surface area contributed by atoms with Gasteiger partial charge in [-0.25, -0.2) is 4.98 Å². The van der Waals surface area contributed by atoms with Crippen molar-refractivity contribution in [3.05, 3.63) is 53.7 Å². The number of aliphatic carboxylic acids is 1. The number of fused-ring (bicyclic) bond motifs is 1. The maximum atomic E-state index is 11.0. The topological polar surface area (TPSA) is 101 Å². The molecule has 0 fully saturated rings. The highest BCUT2D eigenvalue weighted by molar-refractivity contribution is 5.72. The number of rotatable bonds is 13. The zero-order chi connectivity index (χ0) is 21.9. The summed E-state index contributed by atoms with van der Waals surface area (Å²) in [6.07, 6.45) is 5.70. The Balaban J connectivity index is 1.43. The predicted molar refractivity (Wildman–Crippen MR) is 123 cm³/mol. The molecular weight excluding hydrogens is 392 g/mol. The number of carboxylic acid groups (broad SMARTS) is 1. The third-order valence-electron chi connectivity index (χ3n) is 5.60. The molecule has 7 nitrogen and oxygen atoms in total. The Kier molecular flexibility index (Phi) is 9.12. The van der Waals surface area contributed by atoms with Crippen molar-refractivity contribution in [2.75, 3.05) is 38.1 Å². The predicted octanol–water partition coefficient (Wildman–Crippen LogP) is 2.95. The van der Waals surface area contributed by atoms with Gasteiger partial charge in [0.2, 0.25) is 0 Å². The second-order valence-corrected chi connectivity index (χ2v) is 8.03. The first-order valence-corrected chi connectivity index (χ1v) is 11.2. The molecule has 31 heavy (non-hydrogen) atoms. The van der Waals surface area contributed by atoms with Gasteiger partial charge in [0.15, 0.2) is 0 Å². The number of nitrogens with two attached hydrogens (primary N) is 1. The minimum atomic E-state index is -0.951. The van der Waals surface area contributed by atoms with Gasteiger partial charge in [0, 0.05) is 25.3 Å². The van der Waals surface area contributed by atoms with Gasteiger partial charge in [-0.3, -0.25) is 9.69 Å². The van der Waals surface area contributed by atoms with Gasteiger partial charge in [-0.05, 0) is 68.8 Å². The summed E-state index contributed by atoms with van der Waals surface area (Å²) in [4.78, 5) is 18.1. The molecule has 1 atom stereocenters. The zero-order valence-corrected chi connectivity index (χ0v) is 18.1. The van der Waals surface area contributed by atoms with Crippen LogP contribution in [0.5, 0.6) is 5.75 Å². The van der Waals surface area contributed by atoms with E-state index in [1.165, 1.54) is 12.0 Å². The lowest BCUT2D eigenvalue weighted by atomic mass is 10.1. The van der Waals surface area contributed by atoms with Crippen molar-refractivity contribution in [3.63, 3.8) is 0 Å². The Morgan fingerprint density at radius 2 is 2.00 bits per heavy atom. The first-order valence-electron chi connectivity index (χ1n) is 11.2. The summed E-state index contributed by atoms with van der Waals surface area (Å²) >= 11 is 0. The van der Waals surface area contributed by atoms with Crippen LogP contribution in [0.4, 0.5) is 5.82 Å². The number of carbonyl (C=O) groups is 1. The number of nitrogens with zero attached hydrogens (tertiary/aromatic N) is 2. The molecular formula is C24H34N4O3. The number of benzene rings is 1. The molecule has 0 amide bonds. The van der Waals surface area contributed by atoms with Crippen molar-refractivity contribution in [1.82, 2.24) is 9.88 Å². The van der Waals surface area contributed by atoms with Crippen LogP contribution in [0.25, 0.3) is 0 Å². The summed E-state index contributed by atoms with van der Waals surface area (Å²) in [6.45, 7) is 3.83. The fourth-order valence-corrected chi connectivity index (χ4v) is 3.74. The second kappa shape index (κ2) is 12.3. The first-order chi connectivity index (χ1) is 15.1. The van der Waals surface area contributed by atoms with Crippen LogP contribution in [-0.2, 0) is 17.6 Å². The molecule has 1 aromatic carbocycles. The van der Waals surface area contributed by atoms with Gasteiger partial charge in [-0.15, -0.1) is 0 Å². The lowest BCUT2D eigenvalue weighted by molar-refractivity contribution is -0.138. The van der Waals surface area contributed by atoms with E-state index < -0.39 is 12.0 Å². The van der Waals surface area contributed by atoms with Crippen LogP contribution < -0.4 is 15.8 Å². The van der Waals surface area contributed by atoms with Crippen LogP contribution in [0.1, 0.15) is 36.9 Å². The molecule has 1 aliphatic heterocycles. The second-order valence-electron chi connectivity index (χ2n) is 8.03. The molecule has 1 aromatic heterocycles. The number of pyridine rings is 1. The van der Waals surface area contributed by atoms with Gasteiger partial charge in [-0.1, -0.05) is 24.3 Å². The monoisotopic (exact) mass is 426 g/mol. The van der Waals surface area contributed by atoms with Crippen molar-refractivity contribution < 1.29 is 14.6 Å². The average Bonchev–Trinajstić information content (AvgIpc) is 2.80. The molecule has 2 aromatic rings. The van der Waals surface area contributed by atoms with Crippen molar-refractivity contribution in [1.29, 1.82) is 0 Å². The van der Waals surface area contributed by atoms with E-state index in [0.29, 0.717) is 19.6 Å². The number of aryl methyl sites for hydroxylation is 2. The van der Waals surface area contributed by atoms with Crippen molar-refractivity contribution in [3.8, 4) is 5.75 Å². The summed E-state index contributed by atoms with van der Waals surface area (Å²) in [5.41, 5.74) is 8.14. The van der Waals surface area contributed by atoms with Crippen LogP contribution in [-0.4, -0.2) is 59.8 Å². The van der Waals surface area contributed by atoms with Crippen LogP contribution in [0, 0.1) is 0 Å². The molecule has 0 saturated heterocycles. The molecule has 0 bridgehead atoms. The van der Waals surface area contributed by atoms with Crippen LogP contribution in [0.2, 0.25) is 0 Å². The number of anilines is 1.